The second-order valence-corrected chi connectivity index (χ2v) is 6.29. The molecule has 1 atom stereocenters. The molecule has 0 saturated heterocycles. The van der Waals surface area contributed by atoms with Crippen LogP contribution in [0.3, 0.4) is 0 Å². The fraction of sp³-hybridized carbons (Fsp3) is 0.588. The molecule has 0 amide bonds. The number of hydrogen-bond acceptors (Lipinski definition) is 3. The van der Waals surface area contributed by atoms with Crippen molar-refractivity contribution in [3.8, 4) is 11.5 Å². The SMILES string of the molecule is CC(C)c1c(C(CC(=O)O)C2CC2)ccc2c1OCCO2. The Kier molecular flexibility index (Phi) is 3.79. The number of fused-ring (bicyclic) bond motifs is 1. The van der Waals surface area contributed by atoms with Crippen molar-refractivity contribution in [3.05, 3.63) is 23.3 Å². The standard InChI is InChI=1S/C17H22O4/c1-10(2)16-12(13(9-15(18)19)11-3-4-11)5-6-14-17(16)21-8-7-20-14/h5-6,10-11,13H,3-4,7-9H2,1-2H3,(H,18,19). The van der Waals surface area contributed by atoms with Crippen LogP contribution >= 0.6 is 0 Å². The molecule has 2 aliphatic rings. The van der Waals surface area contributed by atoms with Crippen molar-refractivity contribution in [3.63, 3.8) is 0 Å². The van der Waals surface area contributed by atoms with Crippen LogP contribution in [0.2, 0.25) is 0 Å². The zero-order valence-electron chi connectivity index (χ0n) is 12.6. The van der Waals surface area contributed by atoms with Gasteiger partial charge in [0.2, 0.25) is 0 Å². The highest BCUT2D eigenvalue weighted by atomic mass is 16.6. The molecule has 4 heteroatoms. The van der Waals surface area contributed by atoms with Crippen LogP contribution in [0.1, 0.15) is 56.1 Å². The predicted octanol–water partition coefficient (Wildman–Crippen LogP) is 3.55. The summed E-state index contributed by atoms with van der Waals surface area (Å²) < 4.78 is 11.5. The van der Waals surface area contributed by atoms with Gasteiger partial charge in [-0.3, -0.25) is 4.79 Å². The highest BCUT2D eigenvalue weighted by molar-refractivity contribution is 5.69. The molecule has 21 heavy (non-hydrogen) atoms. The van der Waals surface area contributed by atoms with Gasteiger partial charge in [0, 0.05) is 5.56 Å². The zero-order valence-corrected chi connectivity index (χ0v) is 12.6. The molecule has 0 radical (unpaired) electrons. The number of ether oxygens (including phenoxy) is 2. The lowest BCUT2D eigenvalue weighted by Crippen LogP contribution is -2.19. The van der Waals surface area contributed by atoms with Crippen molar-refractivity contribution in [2.75, 3.05) is 13.2 Å². The largest absolute Gasteiger partial charge is 0.486 e. The van der Waals surface area contributed by atoms with Gasteiger partial charge in [-0.25, -0.2) is 0 Å². The zero-order chi connectivity index (χ0) is 15.0. The van der Waals surface area contributed by atoms with Crippen LogP contribution in [0.5, 0.6) is 11.5 Å². The first-order chi connectivity index (χ1) is 10.1. The van der Waals surface area contributed by atoms with Crippen LogP contribution in [0.25, 0.3) is 0 Å². The van der Waals surface area contributed by atoms with Gasteiger partial charge in [-0.05, 0) is 42.2 Å². The van der Waals surface area contributed by atoms with E-state index in [0.29, 0.717) is 19.1 Å². The van der Waals surface area contributed by atoms with Gasteiger partial charge in [-0.2, -0.15) is 0 Å². The molecular formula is C17H22O4. The van der Waals surface area contributed by atoms with Crippen molar-refractivity contribution in [1.82, 2.24) is 0 Å². The fourth-order valence-corrected chi connectivity index (χ4v) is 3.29. The lowest BCUT2D eigenvalue weighted by Gasteiger charge is -2.27. The Hall–Kier alpha value is -1.71. The number of rotatable bonds is 5. The minimum Gasteiger partial charge on any atom is -0.486 e. The lowest BCUT2D eigenvalue weighted by molar-refractivity contribution is -0.137. The number of hydrogen-bond donors (Lipinski definition) is 1. The van der Waals surface area contributed by atoms with E-state index in [1.807, 2.05) is 6.07 Å². The first-order valence-electron chi connectivity index (χ1n) is 7.72. The first kappa shape index (κ1) is 14.2. The molecule has 1 aromatic carbocycles. The molecule has 0 aromatic heterocycles. The smallest absolute Gasteiger partial charge is 0.303 e. The van der Waals surface area contributed by atoms with Crippen molar-refractivity contribution in [2.45, 2.75) is 44.9 Å². The van der Waals surface area contributed by atoms with E-state index in [-0.39, 0.29) is 18.3 Å². The molecule has 1 aliphatic heterocycles. The van der Waals surface area contributed by atoms with Crippen molar-refractivity contribution >= 4 is 5.97 Å². The van der Waals surface area contributed by atoms with E-state index in [9.17, 15) is 9.90 Å². The summed E-state index contributed by atoms with van der Waals surface area (Å²) in [6.45, 7) is 5.39. The van der Waals surface area contributed by atoms with Crippen LogP contribution in [0.4, 0.5) is 0 Å². The molecule has 1 aliphatic carbocycles. The summed E-state index contributed by atoms with van der Waals surface area (Å²) in [7, 11) is 0. The lowest BCUT2D eigenvalue weighted by atomic mass is 9.83. The van der Waals surface area contributed by atoms with Crippen molar-refractivity contribution in [1.29, 1.82) is 0 Å². The molecule has 114 valence electrons. The molecule has 0 spiro atoms. The van der Waals surface area contributed by atoms with Gasteiger partial charge in [0.05, 0.1) is 6.42 Å². The Morgan fingerprint density at radius 3 is 2.62 bits per heavy atom. The molecule has 0 bridgehead atoms. The Balaban J connectivity index is 2.05. The van der Waals surface area contributed by atoms with Crippen LogP contribution in [-0.4, -0.2) is 24.3 Å². The number of carbonyl (C=O) groups is 1. The maximum absolute atomic E-state index is 11.2. The molecular weight excluding hydrogens is 268 g/mol. The van der Waals surface area contributed by atoms with Crippen molar-refractivity contribution in [2.24, 2.45) is 5.92 Å². The number of benzene rings is 1. The first-order valence-corrected chi connectivity index (χ1v) is 7.72. The average molecular weight is 290 g/mol. The monoisotopic (exact) mass is 290 g/mol. The summed E-state index contributed by atoms with van der Waals surface area (Å²) in [5, 5.41) is 9.23. The normalized spacial score (nSPS) is 18.6. The minimum atomic E-state index is -0.725. The van der Waals surface area contributed by atoms with E-state index in [0.717, 1.165) is 35.5 Å². The molecule has 1 heterocycles. The van der Waals surface area contributed by atoms with E-state index in [1.165, 1.54) is 0 Å². The van der Waals surface area contributed by atoms with Gasteiger partial charge in [-0.1, -0.05) is 19.9 Å². The summed E-state index contributed by atoms with van der Waals surface area (Å²) in [6, 6.07) is 3.99. The summed E-state index contributed by atoms with van der Waals surface area (Å²) in [6.07, 6.45) is 2.46. The summed E-state index contributed by atoms with van der Waals surface area (Å²) in [5.74, 6) is 1.77. The molecule has 1 saturated carbocycles. The molecule has 1 unspecified atom stereocenters. The van der Waals surface area contributed by atoms with E-state index in [1.54, 1.807) is 0 Å². The summed E-state index contributed by atoms with van der Waals surface area (Å²) >= 11 is 0. The van der Waals surface area contributed by atoms with Gasteiger partial charge < -0.3 is 14.6 Å². The number of carboxylic acids is 1. The van der Waals surface area contributed by atoms with E-state index < -0.39 is 5.97 Å². The summed E-state index contributed by atoms with van der Waals surface area (Å²) in [5.41, 5.74) is 2.27. The molecule has 3 rings (SSSR count). The fourth-order valence-electron chi connectivity index (χ4n) is 3.29. The number of aliphatic carboxylic acids is 1. The molecule has 1 fully saturated rings. The van der Waals surface area contributed by atoms with E-state index in [4.69, 9.17) is 9.47 Å². The van der Waals surface area contributed by atoms with Gasteiger partial charge in [0.25, 0.3) is 0 Å². The highest BCUT2D eigenvalue weighted by Gasteiger charge is 2.36. The average Bonchev–Trinajstić information content (AvgIpc) is 3.27. The quantitative estimate of drug-likeness (QED) is 0.901. The molecule has 4 nitrogen and oxygen atoms in total. The Labute approximate surface area is 125 Å². The van der Waals surface area contributed by atoms with Crippen LogP contribution in [0, 0.1) is 5.92 Å². The van der Waals surface area contributed by atoms with Crippen LogP contribution in [0.15, 0.2) is 12.1 Å². The molecule has 1 aromatic rings. The predicted molar refractivity (Wildman–Crippen MR) is 79.2 cm³/mol. The van der Waals surface area contributed by atoms with Gasteiger partial charge >= 0.3 is 5.97 Å². The number of carboxylic acid groups (broad SMARTS) is 1. The topological polar surface area (TPSA) is 55.8 Å². The third-order valence-electron chi connectivity index (χ3n) is 4.34. The van der Waals surface area contributed by atoms with Crippen LogP contribution < -0.4 is 9.47 Å². The third-order valence-corrected chi connectivity index (χ3v) is 4.34. The maximum atomic E-state index is 11.2. The van der Waals surface area contributed by atoms with E-state index in [2.05, 4.69) is 19.9 Å². The highest BCUT2D eigenvalue weighted by Crippen LogP contribution is 2.50. The maximum Gasteiger partial charge on any atom is 0.303 e. The second kappa shape index (κ2) is 5.58. The van der Waals surface area contributed by atoms with E-state index >= 15 is 0 Å². The van der Waals surface area contributed by atoms with Crippen molar-refractivity contribution < 1.29 is 19.4 Å². The summed E-state index contributed by atoms with van der Waals surface area (Å²) in [4.78, 5) is 11.2. The van der Waals surface area contributed by atoms with Gasteiger partial charge in [0.15, 0.2) is 11.5 Å². The second-order valence-electron chi connectivity index (χ2n) is 6.29. The Bertz CT molecular complexity index is 546. The minimum absolute atomic E-state index is 0.0933. The van der Waals surface area contributed by atoms with Crippen LogP contribution in [-0.2, 0) is 4.79 Å². The molecule has 1 N–H and O–H groups in total. The Morgan fingerprint density at radius 2 is 2.00 bits per heavy atom. The van der Waals surface area contributed by atoms with Gasteiger partial charge in [0.1, 0.15) is 13.2 Å². The third kappa shape index (κ3) is 2.85. The Morgan fingerprint density at radius 1 is 1.29 bits per heavy atom. The van der Waals surface area contributed by atoms with Gasteiger partial charge in [-0.15, -0.1) is 0 Å².